The van der Waals surface area contributed by atoms with Gasteiger partial charge in [0.05, 0.1) is 18.3 Å². The Hall–Kier alpha value is -0.230. The highest BCUT2D eigenvalue weighted by Gasteiger charge is 2.41. The Morgan fingerprint density at radius 2 is 1.85 bits per heavy atom. The van der Waals surface area contributed by atoms with Crippen molar-refractivity contribution in [1.29, 1.82) is 0 Å². The van der Waals surface area contributed by atoms with Crippen LogP contribution in [0.15, 0.2) is 11.9 Å². The van der Waals surface area contributed by atoms with Gasteiger partial charge >= 0.3 is 7.60 Å². The molecule has 0 aliphatic carbocycles. The smallest absolute Gasteiger partial charge is 0.351 e. The molecule has 0 saturated carbocycles. The first kappa shape index (κ1) is 17.8. The van der Waals surface area contributed by atoms with E-state index in [1.165, 1.54) is 6.08 Å². The summed E-state index contributed by atoms with van der Waals surface area (Å²) in [6.07, 6.45) is -1.28. The average Bonchev–Trinajstić information content (AvgIpc) is 2.52. The third-order valence-electron chi connectivity index (χ3n) is 2.77. The van der Waals surface area contributed by atoms with Crippen molar-refractivity contribution < 1.29 is 28.6 Å². The van der Waals surface area contributed by atoms with Crippen molar-refractivity contribution in [1.82, 2.24) is 0 Å². The van der Waals surface area contributed by atoms with E-state index in [9.17, 15) is 14.6 Å². The number of ether oxygens (including phenoxy) is 2. The number of aliphatic hydroxyl groups excluding tert-OH is 1. The Morgan fingerprint density at radius 3 is 2.35 bits per heavy atom. The van der Waals surface area contributed by atoms with Gasteiger partial charge in [0.1, 0.15) is 18.3 Å². The van der Waals surface area contributed by atoms with Crippen LogP contribution >= 0.6 is 7.60 Å². The first-order chi connectivity index (χ1) is 9.12. The van der Waals surface area contributed by atoms with E-state index in [4.69, 9.17) is 14.0 Å². The van der Waals surface area contributed by atoms with Gasteiger partial charge in [-0.3, -0.25) is 4.57 Å². The monoisotopic (exact) mass is 308 g/mol. The molecule has 20 heavy (non-hydrogen) atoms. The van der Waals surface area contributed by atoms with E-state index in [1.54, 1.807) is 20.8 Å². The molecule has 5 atom stereocenters. The molecule has 1 heterocycles. The highest BCUT2D eigenvalue weighted by molar-refractivity contribution is 7.56. The second-order valence-electron chi connectivity index (χ2n) is 5.51. The van der Waals surface area contributed by atoms with Crippen molar-refractivity contribution >= 4 is 7.60 Å². The van der Waals surface area contributed by atoms with Crippen LogP contribution < -0.4 is 0 Å². The zero-order chi connectivity index (χ0) is 15.5. The normalized spacial score (nSPS) is 34.2. The Balaban J connectivity index is 2.76. The van der Waals surface area contributed by atoms with E-state index in [2.05, 4.69) is 0 Å². The summed E-state index contributed by atoms with van der Waals surface area (Å²) in [6.45, 7) is 8.81. The van der Waals surface area contributed by atoms with Crippen LogP contribution in [0.4, 0.5) is 0 Å². The standard InChI is InChI=1S/C13H25O6P/c1-8(2)17-13-11(18-10(5)12(13)14)6-7-20(15,16)19-9(3)4/h6-14H,1-5H3,(H,15,16)/b7-6+/t10-,11+,12+,13?/m0/s1. The molecule has 1 rings (SSSR count). The number of hydrogen-bond donors (Lipinski definition) is 2. The maximum atomic E-state index is 11.8. The van der Waals surface area contributed by atoms with Gasteiger partial charge in [-0.05, 0) is 40.7 Å². The highest BCUT2D eigenvalue weighted by atomic mass is 31.2. The second kappa shape index (κ2) is 7.16. The van der Waals surface area contributed by atoms with Gasteiger partial charge < -0.3 is 24.0 Å². The summed E-state index contributed by atoms with van der Waals surface area (Å²) in [5.74, 6) is 1.10. The van der Waals surface area contributed by atoms with Crippen LogP contribution in [0.1, 0.15) is 34.6 Å². The molecule has 1 aliphatic rings. The van der Waals surface area contributed by atoms with Crippen molar-refractivity contribution in [2.24, 2.45) is 0 Å². The molecule has 1 aliphatic heterocycles. The predicted molar refractivity (Wildman–Crippen MR) is 75.5 cm³/mol. The fourth-order valence-electron chi connectivity index (χ4n) is 2.03. The molecule has 0 aromatic carbocycles. The average molecular weight is 308 g/mol. The zero-order valence-corrected chi connectivity index (χ0v) is 13.5. The number of hydrogen-bond acceptors (Lipinski definition) is 5. The third kappa shape index (κ3) is 5.28. The van der Waals surface area contributed by atoms with E-state index in [1.807, 2.05) is 13.8 Å². The lowest BCUT2D eigenvalue weighted by molar-refractivity contribution is -0.0557. The largest absolute Gasteiger partial charge is 0.388 e. The summed E-state index contributed by atoms with van der Waals surface area (Å²) in [7, 11) is -3.80. The van der Waals surface area contributed by atoms with E-state index in [0.717, 1.165) is 5.82 Å². The van der Waals surface area contributed by atoms with Crippen molar-refractivity contribution in [3.8, 4) is 0 Å². The molecule has 0 bridgehead atoms. The summed E-state index contributed by atoms with van der Waals surface area (Å²) in [5.41, 5.74) is 0. The van der Waals surface area contributed by atoms with Crippen LogP contribution in [0, 0.1) is 0 Å². The molecule has 118 valence electrons. The summed E-state index contributed by atoms with van der Waals surface area (Å²) in [5, 5.41) is 10.0. The number of aliphatic hydroxyl groups is 1. The van der Waals surface area contributed by atoms with Crippen LogP contribution in [0.25, 0.3) is 0 Å². The first-order valence-electron chi connectivity index (χ1n) is 6.81. The van der Waals surface area contributed by atoms with Gasteiger partial charge in [0, 0.05) is 5.82 Å². The molecule has 0 spiro atoms. The Kier molecular flexibility index (Phi) is 6.38. The van der Waals surface area contributed by atoms with Crippen molar-refractivity contribution in [2.75, 3.05) is 0 Å². The predicted octanol–water partition coefficient (Wildman–Crippen LogP) is 2.05. The van der Waals surface area contributed by atoms with Crippen molar-refractivity contribution in [3.63, 3.8) is 0 Å². The van der Waals surface area contributed by atoms with E-state index in [0.29, 0.717) is 0 Å². The maximum Gasteiger partial charge on any atom is 0.351 e. The van der Waals surface area contributed by atoms with Crippen molar-refractivity contribution in [2.45, 2.75) is 71.2 Å². The van der Waals surface area contributed by atoms with Crippen LogP contribution in [0.3, 0.4) is 0 Å². The lowest BCUT2D eigenvalue weighted by Gasteiger charge is -2.21. The minimum Gasteiger partial charge on any atom is -0.388 e. The molecule has 6 nitrogen and oxygen atoms in total. The third-order valence-corrected chi connectivity index (χ3v) is 4.04. The zero-order valence-electron chi connectivity index (χ0n) is 12.6. The van der Waals surface area contributed by atoms with Crippen LogP contribution in [-0.2, 0) is 18.6 Å². The van der Waals surface area contributed by atoms with Gasteiger partial charge in [0.2, 0.25) is 0 Å². The number of rotatable bonds is 6. The topological polar surface area (TPSA) is 85.2 Å². The summed E-state index contributed by atoms with van der Waals surface area (Å²) in [4.78, 5) is 9.63. The Bertz CT molecular complexity index is 381. The van der Waals surface area contributed by atoms with Gasteiger partial charge in [-0.1, -0.05) is 0 Å². The molecule has 0 amide bonds. The molecular weight excluding hydrogens is 283 g/mol. The summed E-state index contributed by atoms with van der Waals surface area (Å²) in [6, 6.07) is 0. The van der Waals surface area contributed by atoms with Gasteiger partial charge in [-0.2, -0.15) is 0 Å². The SMILES string of the molecule is CC(C)OC1[C@@H](/C=C/P(=O)(O)OC(C)C)O[C@@H](C)[C@H]1O. The molecule has 0 aromatic heterocycles. The molecule has 0 radical (unpaired) electrons. The fourth-order valence-corrected chi connectivity index (χ4v) is 3.09. The molecule has 1 saturated heterocycles. The van der Waals surface area contributed by atoms with Crippen LogP contribution in [0.2, 0.25) is 0 Å². The van der Waals surface area contributed by atoms with Gasteiger partial charge in [0.15, 0.2) is 0 Å². The molecule has 0 aromatic rings. The van der Waals surface area contributed by atoms with Gasteiger partial charge in [-0.15, -0.1) is 0 Å². The van der Waals surface area contributed by atoms with Crippen LogP contribution in [0.5, 0.6) is 0 Å². The minimum absolute atomic E-state index is 0.0766. The fraction of sp³-hybridized carbons (Fsp3) is 0.846. The summed E-state index contributed by atoms with van der Waals surface area (Å²) >= 11 is 0. The first-order valence-corrected chi connectivity index (χ1v) is 8.46. The van der Waals surface area contributed by atoms with Crippen LogP contribution in [-0.4, -0.2) is 46.6 Å². The molecule has 1 fully saturated rings. The molecular formula is C13H25O6P. The Morgan fingerprint density at radius 1 is 1.25 bits per heavy atom. The summed E-state index contributed by atoms with van der Waals surface area (Å²) < 4.78 is 27.8. The van der Waals surface area contributed by atoms with E-state index in [-0.39, 0.29) is 12.2 Å². The van der Waals surface area contributed by atoms with Gasteiger partial charge in [0.25, 0.3) is 0 Å². The highest BCUT2D eigenvalue weighted by Crippen LogP contribution is 2.45. The van der Waals surface area contributed by atoms with E-state index >= 15 is 0 Å². The van der Waals surface area contributed by atoms with Crippen molar-refractivity contribution in [3.05, 3.63) is 11.9 Å². The second-order valence-corrected chi connectivity index (χ2v) is 7.14. The quantitative estimate of drug-likeness (QED) is 0.731. The lowest BCUT2D eigenvalue weighted by atomic mass is 10.1. The molecule has 2 N–H and O–H groups in total. The molecule has 2 unspecified atom stereocenters. The minimum atomic E-state index is -3.80. The Labute approximate surface area is 120 Å². The lowest BCUT2D eigenvalue weighted by Crippen LogP contribution is -2.35. The van der Waals surface area contributed by atoms with E-state index < -0.39 is 32.0 Å². The maximum absolute atomic E-state index is 11.8. The van der Waals surface area contributed by atoms with Gasteiger partial charge in [-0.25, -0.2) is 0 Å². The molecule has 7 heteroatoms.